The van der Waals surface area contributed by atoms with Gasteiger partial charge in [-0.25, -0.2) is 0 Å². The van der Waals surface area contributed by atoms with Crippen LogP contribution in [0.5, 0.6) is 0 Å². The average molecular weight is 224 g/mol. The second-order valence-corrected chi connectivity index (χ2v) is 3.38. The second-order valence-electron chi connectivity index (χ2n) is 2.27. The highest BCUT2D eigenvalue weighted by Crippen LogP contribution is 2.28. The molecule has 0 amide bonds. The van der Waals surface area contributed by atoms with E-state index >= 15 is 0 Å². The Balaban J connectivity index is 4.24. The van der Waals surface area contributed by atoms with Crippen LogP contribution in [0.1, 0.15) is 12.8 Å². The normalized spacial score (nSPS) is 13.6. The molecule has 0 aliphatic rings. The number of phosphoric ester groups is 1. The topological polar surface area (TPSA) is 153 Å². The van der Waals surface area contributed by atoms with Gasteiger partial charge in [0.25, 0.3) is 0 Å². The maximum Gasteiger partial charge on any atom is 0.102 e. The van der Waals surface area contributed by atoms with Gasteiger partial charge < -0.3 is 38.7 Å². The molecule has 82 valence electrons. The van der Waals surface area contributed by atoms with Gasteiger partial charge in [0.1, 0.15) is 6.10 Å². The Morgan fingerprint density at radius 3 is 2.07 bits per heavy atom. The summed E-state index contributed by atoms with van der Waals surface area (Å²) in [6.07, 6.45) is -3.55. The average Bonchev–Trinajstić information content (AvgIpc) is 1.94. The first-order chi connectivity index (χ1) is 6.22. The van der Waals surface area contributed by atoms with E-state index < -0.39 is 38.7 Å². The monoisotopic (exact) mass is 224 g/mol. The summed E-state index contributed by atoms with van der Waals surface area (Å²) in [5.41, 5.74) is 0. The van der Waals surface area contributed by atoms with Crippen molar-refractivity contribution in [2.24, 2.45) is 0 Å². The zero-order chi connectivity index (χ0) is 11.4. The van der Waals surface area contributed by atoms with E-state index in [1.807, 2.05) is 0 Å². The summed E-state index contributed by atoms with van der Waals surface area (Å²) in [6, 6.07) is 0. The number of hydrogen-bond acceptors (Lipinski definition) is 8. The van der Waals surface area contributed by atoms with Crippen LogP contribution in [0.15, 0.2) is 0 Å². The number of hydrogen-bond donors (Lipinski definition) is 0. The summed E-state index contributed by atoms with van der Waals surface area (Å²) in [5, 5.41) is 20.0. The van der Waals surface area contributed by atoms with Crippen molar-refractivity contribution in [3.8, 4) is 0 Å². The summed E-state index contributed by atoms with van der Waals surface area (Å²) in [5.74, 6) is -3.57. The summed E-state index contributed by atoms with van der Waals surface area (Å²) in [4.78, 5) is 40.0. The van der Waals surface area contributed by atoms with Crippen molar-refractivity contribution in [2.45, 2.75) is 18.9 Å². The van der Waals surface area contributed by atoms with Crippen molar-refractivity contribution in [3.05, 3.63) is 0 Å². The third-order valence-electron chi connectivity index (χ3n) is 1.13. The van der Waals surface area contributed by atoms with Crippen LogP contribution in [0.3, 0.4) is 0 Å². The van der Waals surface area contributed by atoms with Crippen molar-refractivity contribution in [3.63, 3.8) is 0 Å². The molecule has 0 radical (unpaired) electrons. The molecule has 0 rings (SSSR count). The molecule has 0 fully saturated rings. The number of carbonyl (C=O) groups excluding carboxylic acids is 2. The third kappa shape index (κ3) is 6.55. The number of carboxylic acid groups (broad SMARTS) is 2. The van der Waals surface area contributed by atoms with Crippen LogP contribution >= 0.6 is 7.82 Å². The van der Waals surface area contributed by atoms with Gasteiger partial charge in [0, 0.05) is 5.97 Å². The predicted molar refractivity (Wildman–Crippen MR) is 31.7 cm³/mol. The van der Waals surface area contributed by atoms with Crippen LogP contribution in [-0.4, -0.2) is 18.0 Å². The zero-order valence-electron chi connectivity index (χ0n) is 6.70. The Morgan fingerprint density at radius 2 is 1.79 bits per heavy atom. The van der Waals surface area contributed by atoms with Crippen LogP contribution in [0, 0.1) is 0 Å². The lowest BCUT2D eigenvalue weighted by Crippen LogP contribution is -2.40. The number of rotatable bonds is 6. The Morgan fingerprint density at radius 1 is 1.29 bits per heavy atom. The molecular formula is C5H5O8P-4. The predicted octanol–water partition coefficient (Wildman–Crippen LogP) is -4.52. The fourth-order valence-electron chi connectivity index (χ4n) is 0.618. The quantitative estimate of drug-likeness (QED) is 0.409. The van der Waals surface area contributed by atoms with Crippen molar-refractivity contribution in [1.29, 1.82) is 0 Å². The van der Waals surface area contributed by atoms with E-state index in [2.05, 4.69) is 4.52 Å². The van der Waals surface area contributed by atoms with Gasteiger partial charge in [-0.05, 0) is 12.8 Å². The van der Waals surface area contributed by atoms with E-state index in [9.17, 15) is 34.2 Å². The van der Waals surface area contributed by atoms with Gasteiger partial charge >= 0.3 is 0 Å². The van der Waals surface area contributed by atoms with Crippen molar-refractivity contribution < 1.29 is 38.7 Å². The molecule has 14 heavy (non-hydrogen) atoms. The standard InChI is InChI=1S/C5H9O8P/c6-4(7)2-1-3(5(8)9)13-14(10,11)12/h3H,1-2H2,(H,6,7)(H,8,9)(H2,10,11,12)/p-4/t3-/m0/s1. The number of carboxylic acids is 2. The zero-order valence-corrected chi connectivity index (χ0v) is 7.60. The molecule has 0 unspecified atom stereocenters. The summed E-state index contributed by atoms with van der Waals surface area (Å²) < 4.78 is 13.5. The van der Waals surface area contributed by atoms with Gasteiger partial charge in [-0.15, -0.1) is 0 Å². The highest BCUT2D eigenvalue weighted by atomic mass is 31.2. The summed E-state index contributed by atoms with van der Waals surface area (Å²) in [6.45, 7) is 0. The van der Waals surface area contributed by atoms with Crippen molar-refractivity contribution >= 4 is 19.8 Å². The number of phosphoric acid groups is 1. The Bertz CT molecular complexity index is 267. The van der Waals surface area contributed by atoms with Gasteiger partial charge in [0.15, 0.2) is 0 Å². The van der Waals surface area contributed by atoms with Crippen molar-refractivity contribution in [1.82, 2.24) is 0 Å². The molecule has 0 saturated carbocycles. The SMILES string of the molecule is O=C([O-])CC[C@H](OP(=O)([O-])[O-])C(=O)[O-]. The number of aliphatic carboxylic acids is 2. The second kappa shape index (κ2) is 5.06. The molecule has 1 atom stereocenters. The van der Waals surface area contributed by atoms with Crippen LogP contribution in [-0.2, 0) is 18.7 Å². The van der Waals surface area contributed by atoms with Gasteiger partial charge in [-0.1, -0.05) is 0 Å². The van der Waals surface area contributed by atoms with Crippen LogP contribution in [0.4, 0.5) is 0 Å². The van der Waals surface area contributed by atoms with Crippen LogP contribution in [0.2, 0.25) is 0 Å². The Kier molecular flexibility index (Phi) is 4.72. The molecule has 0 aromatic rings. The van der Waals surface area contributed by atoms with E-state index in [1.165, 1.54) is 0 Å². The third-order valence-corrected chi connectivity index (χ3v) is 1.64. The largest absolute Gasteiger partial charge is 0.790 e. The molecule has 8 nitrogen and oxygen atoms in total. The fraction of sp³-hybridized carbons (Fsp3) is 0.600. The molecule has 0 aromatic carbocycles. The summed E-state index contributed by atoms with van der Waals surface area (Å²) in [7, 11) is -5.47. The molecule has 0 aromatic heterocycles. The minimum Gasteiger partial charge on any atom is -0.790 e. The van der Waals surface area contributed by atoms with Crippen LogP contribution < -0.4 is 20.0 Å². The lowest BCUT2D eigenvalue weighted by atomic mass is 10.2. The molecule has 0 bridgehead atoms. The van der Waals surface area contributed by atoms with E-state index in [-0.39, 0.29) is 0 Å². The minimum absolute atomic E-state index is 0.709. The van der Waals surface area contributed by atoms with Crippen LogP contribution in [0.25, 0.3) is 0 Å². The molecule has 0 spiro atoms. The van der Waals surface area contributed by atoms with Gasteiger partial charge in [0.2, 0.25) is 0 Å². The molecule has 0 aliphatic carbocycles. The highest BCUT2D eigenvalue weighted by Gasteiger charge is 2.12. The Labute approximate surface area is 78.4 Å². The lowest BCUT2D eigenvalue weighted by Gasteiger charge is -2.33. The highest BCUT2D eigenvalue weighted by molar-refractivity contribution is 7.43. The van der Waals surface area contributed by atoms with Gasteiger partial charge in [0.05, 0.1) is 13.8 Å². The first-order valence-corrected chi connectivity index (χ1v) is 4.79. The van der Waals surface area contributed by atoms with E-state index in [0.29, 0.717) is 0 Å². The molecule has 0 saturated heterocycles. The fourth-order valence-corrected chi connectivity index (χ4v) is 1.12. The molecule has 0 heterocycles. The molecule has 0 N–H and O–H groups in total. The smallest absolute Gasteiger partial charge is 0.102 e. The lowest BCUT2D eigenvalue weighted by molar-refractivity contribution is -0.354. The first-order valence-electron chi connectivity index (χ1n) is 3.33. The van der Waals surface area contributed by atoms with Gasteiger partial charge in [-0.3, -0.25) is 0 Å². The van der Waals surface area contributed by atoms with Gasteiger partial charge in [-0.2, -0.15) is 0 Å². The van der Waals surface area contributed by atoms with Crippen molar-refractivity contribution in [2.75, 3.05) is 0 Å². The molecule has 0 aliphatic heterocycles. The Hall–Kier alpha value is -0.950. The maximum absolute atomic E-state index is 10.1. The van der Waals surface area contributed by atoms with E-state index in [1.54, 1.807) is 0 Å². The maximum atomic E-state index is 10.1. The molecule has 9 heteroatoms. The number of carbonyl (C=O) groups is 2. The van der Waals surface area contributed by atoms with E-state index in [0.717, 1.165) is 0 Å². The summed E-state index contributed by atoms with van der Waals surface area (Å²) >= 11 is 0. The molecular weight excluding hydrogens is 219 g/mol. The van der Waals surface area contributed by atoms with E-state index in [4.69, 9.17) is 0 Å². The minimum atomic E-state index is -5.47. The first kappa shape index (κ1) is 13.1.